The molecular formula is C29H36Cl2F2N6O4. The predicted octanol–water partition coefficient (Wildman–Crippen LogP) is 3.59. The fourth-order valence-corrected chi connectivity index (χ4v) is 4.39. The molecule has 4 N–H and O–H groups in total. The number of imidazole rings is 1. The van der Waals surface area contributed by atoms with Gasteiger partial charge in [0.1, 0.15) is 12.1 Å². The molecule has 10 nitrogen and oxygen atoms in total. The lowest BCUT2D eigenvalue weighted by atomic mass is 10.0. The highest BCUT2D eigenvalue weighted by Crippen LogP contribution is 2.26. The van der Waals surface area contributed by atoms with Crippen LogP contribution in [0.15, 0.2) is 61.1 Å². The molecule has 1 fully saturated rings. The summed E-state index contributed by atoms with van der Waals surface area (Å²) in [7, 11) is 0. The first kappa shape index (κ1) is 35.6. The quantitative estimate of drug-likeness (QED) is 0.294. The first-order valence-electron chi connectivity index (χ1n) is 13.3. The fourth-order valence-electron chi connectivity index (χ4n) is 4.39. The van der Waals surface area contributed by atoms with E-state index >= 15 is 0 Å². The van der Waals surface area contributed by atoms with Crippen molar-refractivity contribution >= 4 is 48.4 Å². The highest BCUT2D eigenvalue weighted by atomic mass is 35.5. The monoisotopic (exact) mass is 640 g/mol. The minimum Gasteiger partial charge on any atom is -0.374 e. The molecule has 0 radical (unpaired) electrons. The summed E-state index contributed by atoms with van der Waals surface area (Å²) in [6, 6.07) is 10.5. The molecule has 0 saturated carbocycles. The Morgan fingerprint density at radius 1 is 1.05 bits per heavy atom. The summed E-state index contributed by atoms with van der Waals surface area (Å²) >= 11 is 0. The van der Waals surface area contributed by atoms with Gasteiger partial charge in [0, 0.05) is 19.3 Å². The van der Waals surface area contributed by atoms with Gasteiger partial charge < -0.3 is 30.6 Å². The van der Waals surface area contributed by atoms with E-state index in [-0.39, 0.29) is 55.3 Å². The van der Waals surface area contributed by atoms with E-state index in [9.17, 15) is 23.2 Å². The molecule has 1 unspecified atom stereocenters. The molecule has 4 rings (SSSR count). The molecule has 2 heterocycles. The molecule has 2 aromatic carbocycles. The molecule has 3 amide bonds. The Hall–Kier alpha value is -3.58. The van der Waals surface area contributed by atoms with E-state index in [4.69, 9.17) is 10.5 Å². The van der Waals surface area contributed by atoms with Crippen LogP contribution in [0.1, 0.15) is 43.9 Å². The molecule has 1 saturated heterocycles. The molecule has 1 aromatic heterocycles. The maximum Gasteiger partial charge on any atom is 0.250 e. The predicted molar refractivity (Wildman–Crippen MR) is 162 cm³/mol. The number of amides is 3. The van der Waals surface area contributed by atoms with Gasteiger partial charge in [-0.3, -0.25) is 14.4 Å². The van der Waals surface area contributed by atoms with Crippen molar-refractivity contribution in [2.24, 2.45) is 5.73 Å². The first-order valence-corrected chi connectivity index (χ1v) is 13.3. The van der Waals surface area contributed by atoms with Gasteiger partial charge in [0.15, 0.2) is 17.5 Å². The summed E-state index contributed by atoms with van der Waals surface area (Å²) in [4.78, 5) is 45.1. The minimum atomic E-state index is -1.24. The number of anilines is 1. The molecule has 234 valence electrons. The number of nitrogens with two attached hydrogens (primary N) is 1. The second-order valence-electron chi connectivity index (χ2n) is 10.6. The lowest BCUT2D eigenvalue weighted by Crippen LogP contribution is -2.56. The summed E-state index contributed by atoms with van der Waals surface area (Å²) in [6.07, 6.45) is 4.45. The number of benzene rings is 2. The van der Waals surface area contributed by atoms with Crippen molar-refractivity contribution in [2.45, 2.75) is 50.9 Å². The van der Waals surface area contributed by atoms with Crippen LogP contribution in [-0.2, 0) is 25.7 Å². The van der Waals surface area contributed by atoms with Crippen molar-refractivity contribution in [3.05, 3.63) is 83.8 Å². The minimum absolute atomic E-state index is 0. The maximum absolute atomic E-state index is 14.1. The van der Waals surface area contributed by atoms with E-state index in [0.717, 1.165) is 30.5 Å². The summed E-state index contributed by atoms with van der Waals surface area (Å²) in [5.74, 6) is -3.48. The molecule has 3 aromatic rings. The lowest BCUT2D eigenvalue weighted by molar-refractivity contribution is -0.132. The standard InChI is InChI=1S/C29H34F2N6O4.2ClH/c1-29(2,32)28(40)34-23(17-41-16-19-8-4-3-5-9-19)26(38)35-24-15-37(18-33-24)25(27(39)36-12-6-7-13-36)20-10-11-21(30)22(31)14-20;;/h3-5,8-11,14-15,18,23,25H,6-7,12-13,16-17,32H2,1-2H3,(H,34,40)(H,35,38);2*1H/t23-,25?;;/m1../s1. The Morgan fingerprint density at radius 2 is 1.72 bits per heavy atom. The van der Waals surface area contributed by atoms with E-state index in [0.29, 0.717) is 13.1 Å². The number of aromatic nitrogens is 2. The van der Waals surface area contributed by atoms with Gasteiger partial charge in [-0.2, -0.15) is 0 Å². The fraction of sp³-hybridized carbons (Fsp3) is 0.379. The van der Waals surface area contributed by atoms with Crippen LogP contribution >= 0.6 is 24.8 Å². The third-order valence-electron chi connectivity index (χ3n) is 6.67. The molecule has 0 aliphatic carbocycles. The zero-order valence-electron chi connectivity index (χ0n) is 23.8. The lowest BCUT2D eigenvalue weighted by Gasteiger charge is -2.24. The molecule has 0 bridgehead atoms. The number of rotatable bonds is 11. The summed E-state index contributed by atoms with van der Waals surface area (Å²) in [5.41, 5.74) is 5.79. The summed E-state index contributed by atoms with van der Waals surface area (Å²) in [6.45, 7) is 4.21. The van der Waals surface area contributed by atoms with Crippen LogP contribution in [0.3, 0.4) is 0 Å². The average molecular weight is 642 g/mol. The van der Waals surface area contributed by atoms with Crippen LogP contribution in [-0.4, -0.2) is 63.4 Å². The van der Waals surface area contributed by atoms with Crippen molar-refractivity contribution in [1.82, 2.24) is 19.8 Å². The Labute approximate surface area is 261 Å². The number of hydrogen-bond donors (Lipinski definition) is 3. The van der Waals surface area contributed by atoms with Gasteiger partial charge in [-0.15, -0.1) is 24.8 Å². The zero-order valence-corrected chi connectivity index (χ0v) is 25.4. The number of hydrogen-bond acceptors (Lipinski definition) is 6. The van der Waals surface area contributed by atoms with E-state index in [2.05, 4.69) is 15.6 Å². The average Bonchev–Trinajstić information content (AvgIpc) is 3.63. The van der Waals surface area contributed by atoms with Gasteiger partial charge in [-0.1, -0.05) is 36.4 Å². The second kappa shape index (κ2) is 15.8. The molecule has 2 atom stereocenters. The molecule has 43 heavy (non-hydrogen) atoms. The number of nitrogens with zero attached hydrogens (tertiary/aromatic N) is 3. The number of likely N-dealkylation sites (tertiary alicyclic amines) is 1. The summed E-state index contributed by atoms with van der Waals surface area (Å²) in [5, 5.41) is 5.25. The van der Waals surface area contributed by atoms with Crippen molar-refractivity contribution in [3.63, 3.8) is 0 Å². The third kappa shape index (κ3) is 9.45. The van der Waals surface area contributed by atoms with Gasteiger partial charge in [-0.05, 0) is 49.9 Å². The number of carbonyl (C=O) groups excluding carboxylic acids is 3. The number of halogens is 4. The second-order valence-corrected chi connectivity index (χ2v) is 10.6. The topological polar surface area (TPSA) is 132 Å². The Kier molecular flexibility index (Phi) is 13.1. The van der Waals surface area contributed by atoms with E-state index in [1.807, 2.05) is 30.3 Å². The first-order chi connectivity index (χ1) is 19.5. The highest BCUT2D eigenvalue weighted by molar-refractivity contribution is 5.98. The van der Waals surface area contributed by atoms with Crippen molar-refractivity contribution < 1.29 is 27.9 Å². The van der Waals surface area contributed by atoms with Crippen LogP contribution in [0.4, 0.5) is 14.6 Å². The van der Waals surface area contributed by atoms with Gasteiger partial charge in [0.05, 0.1) is 25.1 Å². The van der Waals surface area contributed by atoms with Gasteiger partial charge in [-0.25, -0.2) is 13.8 Å². The van der Waals surface area contributed by atoms with E-state index in [1.54, 1.807) is 4.90 Å². The number of carbonyl (C=O) groups is 3. The van der Waals surface area contributed by atoms with Gasteiger partial charge in [0.25, 0.3) is 5.91 Å². The van der Waals surface area contributed by atoms with Gasteiger partial charge in [0.2, 0.25) is 11.8 Å². The van der Waals surface area contributed by atoms with E-state index < -0.39 is 41.1 Å². The Bertz CT molecular complexity index is 1380. The molecule has 14 heteroatoms. The van der Waals surface area contributed by atoms with Gasteiger partial charge >= 0.3 is 0 Å². The highest BCUT2D eigenvalue weighted by Gasteiger charge is 2.31. The van der Waals surface area contributed by atoms with E-state index in [1.165, 1.54) is 37.0 Å². The van der Waals surface area contributed by atoms with Crippen molar-refractivity contribution in [3.8, 4) is 0 Å². The van der Waals surface area contributed by atoms with Crippen LogP contribution in [0.5, 0.6) is 0 Å². The SMILES string of the molecule is CC(C)(N)C(=O)N[C@H](COCc1ccccc1)C(=O)Nc1cn(C(C(=O)N2CCCC2)c2ccc(F)c(F)c2)cn1.Cl.Cl. The normalized spacial score (nSPS) is 14.2. The number of ether oxygens (including phenoxy) is 1. The van der Waals surface area contributed by atoms with Crippen LogP contribution < -0.4 is 16.4 Å². The largest absolute Gasteiger partial charge is 0.374 e. The number of nitrogens with one attached hydrogen (secondary N) is 2. The Balaban J connectivity index is 0.00000323. The zero-order chi connectivity index (χ0) is 29.6. The summed E-state index contributed by atoms with van der Waals surface area (Å²) < 4.78 is 34.9. The van der Waals surface area contributed by atoms with Crippen molar-refractivity contribution in [2.75, 3.05) is 25.0 Å². The molecular weight excluding hydrogens is 605 g/mol. The van der Waals surface area contributed by atoms with Crippen molar-refractivity contribution in [1.29, 1.82) is 0 Å². The van der Waals surface area contributed by atoms with Crippen LogP contribution in [0.25, 0.3) is 0 Å². The maximum atomic E-state index is 14.1. The van der Waals surface area contributed by atoms with Crippen LogP contribution in [0.2, 0.25) is 0 Å². The Morgan fingerprint density at radius 3 is 2.35 bits per heavy atom. The molecule has 1 aliphatic rings. The molecule has 0 spiro atoms. The van der Waals surface area contributed by atoms with Crippen LogP contribution in [0, 0.1) is 11.6 Å². The molecule has 1 aliphatic heterocycles. The smallest absolute Gasteiger partial charge is 0.250 e. The third-order valence-corrected chi connectivity index (χ3v) is 6.67.